The van der Waals surface area contributed by atoms with Crippen molar-refractivity contribution in [3.05, 3.63) is 46.3 Å². The second-order valence-corrected chi connectivity index (χ2v) is 4.20. The summed E-state index contributed by atoms with van der Waals surface area (Å²) in [5, 5.41) is 0.662. The Labute approximate surface area is 94.9 Å². The molecule has 2 heteroatoms. The van der Waals surface area contributed by atoms with Crippen LogP contribution in [0.1, 0.15) is 38.4 Å². The van der Waals surface area contributed by atoms with Gasteiger partial charge < -0.3 is 4.42 Å². The van der Waals surface area contributed by atoms with Gasteiger partial charge in [-0.3, -0.25) is 4.79 Å². The molecule has 0 bridgehead atoms. The molecule has 84 valence electrons. The Morgan fingerprint density at radius 3 is 2.81 bits per heavy atom. The fourth-order valence-corrected chi connectivity index (χ4v) is 1.94. The molecule has 0 N–H and O–H groups in total. The molecule has 1 unspecified atom stereocenters. The minimum atomic E-state index is 0.0554. The summed E-state index contributed by atoms with van der Waals surface area (Å²) in [4.78, 5) is 11.8. The van der Waals surface area contributed by atoms with Crippen LogP contribution < -0.4 is 5.43 Å². The summed E-state index contributed by atoms with van der Waals surface area (Å²) < 4.78 is 5.76. The zero-order chi connectivity index (χ0) is 11.5. The molecule has 1 atom stereocenters. The molecular formula is C14H16O2. The molecule has 0 radical (unpaired) electrons. The van der Waals surface area contributed by atoms with Crippen LogP contribution in [0.15, 0.2) is 39.5 Å². The van der Waals surface area contributed by atoms with E-state index in [0.29, 0.717) is 16.9 Å². The summed E-state index contributed by atoms with van der Waals surface area (Å²) in [6.07, 6.45) is 2.14. The van der Waals surface area contributed by atoms with Crippen LogP contribution in [-0.2, 0) is 0 Å². The molecule has 0 fully saturated rings. The summed E-state index contributed by atoms with van der Waals surface area (Å²) in [5.74, 6) is 1.10. The van der Waals surface area contributed by atoms with Gasteiger partial charge in [-0.25, -0.2) is 0 Å². The number of benzene rings is 1. The molecule has 0 aliphatic heterocycles. The molecule has 1 heterocycles. The molecule has 0 saturated heterocycles. The third-order valence-electron chi connectivity index (χ3n) is 2.86. The monoisotopic (exact) mass is 216 g/mol. The Hall–Kier alpha value is -1.57. The van der Waals surface area contributed by atoms with Gasteiger partial charge in [-0.15, -0.1) is 0 Å². The average molecular weight is 216 g/mol. The fourth-order valence-electron chi connectivity index (χ4n) is 1.94. The van der Waals surface area contributed by atoms with Crippen LogP contribution >= 0.6 is 0 Å². The van der Waals surface area contributed by atoms with E-state index in [2.05, 4.69) is 13.8 Å². The zero-order valence-electron chi connectivity index (χ0n) is 9.69. The van der Waals surface area contributed by atoms with Gasteiger partial charge in [0.25, 0.3) is 0 Å². The highest BCUT2D eigenvalue weighted by molar-refractivity contribution is 5.76. The maximum absolute atomic E-state index is 11.8. The van der Waals surface area contributed by atoms with Gasteiger partial charge in [0.1, 0.15) is 11.3 Å². The predicted molar refractivity (Wildman–Crippen MR) is 65.8 cm³/mol. The van der Waals surface area contributed by atoms with E-state index in [1.54, 1.807) is 12.1 Å². The highest BCUT2D eigenvalue weighted by Gasteiger charge is 2.10. The van der Waals surface area contributed by atoms with E-state index in [-0.39, 0.29) is 5.43 Å². The van der Waals surface area contributed by atoms with Crippen molar-refractivity contribution in [1.82, 2.24) is 0 Å². The van der Waals surface area contributed by atoms with Crippen molar-refractivity contribution < 1.29 is 4.42 Å². The summed E-state index contributed by atoms with van der Waals surface area (Å²) in [6.45, 7) is 4.23. The fraction of sp³-hybridized carbons (Fsp3) is 0.357. The molecule has 1 aromatic carbocycles. The molecular weight excluding hydrogens is 200 g/mol. The second-order valence-electron chi connectivity index (χ2n) is 4.20. The van der Waals surface area contributed by atoms with Crippen LogP contribution in [0.5, 0.6) is 0 Å². The van der Waals surface area contributed by atoms with Crippen molar-refractivity contribution in [2.24, 2.45) is 0 Å². The van der Waals surface area contributed by atoms with Gasteiger partial charge in [0, 0.05) is 12.0 Å². The normalized spacial score (nSPS) is 12.9. The van der Waals surface area contributed by atoms with Gasteiger partial charge in [0.05, 0.1) is 5.39 Å². The van der Waals surface area contributed by atoms with E-state index in [1.165, 1.54) is 0 Å². The number of hydrogen-bond acceptors (Lipinski definition) is 2. The van der Waals surface area contributed by atoms with Gasteiger partial charge in [-0.1, -0.05) is 32.4 Å². The second kappa shape index (κ2) is 4.52. The highest BCUT2D eigenvalue weighted by atomic mass is 16.3. The Bertz CT molecular complexity index is 540. The van der Waals surface area contributed by atoms with E-state index >= 15 is 0 Å². The van der Waals surface area contributed by atoms with Crippen molar-refractivity contribution in [2.45, 2.75) is 32.6 Å². The van der Waals surface area contributed by atoms with Crippen LogP contribution in [0.3, 0.4) is 0 Å². The quantitative estimate of drug-likeness (QED) is 0.783. The van der Waals surface area contributed by atoms with E-state index < -0.39 is 0 Å². The number of rotatable bonds is 3. The van der Waals surface area contributed by atoms with Crippen LogP contribution in [0.4, 0.5) is 0 Å². The lowest BCUT2D eigenvalue weighted by Crippen LogP contribution is -2.04. The highest BCUT2D eigenvalue weighted by Crippen LogP contribution is 2.22. The van der Waals surface area contributed by atoms with Gasteiger partial charge >= 0.3 is 0 Å². The first kappa shape index (κ1) is 10.9. The minimum absolute atomic E-state index is 0.0554. The summed E-state index contributed by atoms with van der Waals surface area (Å²) in [5.41, 5.74) is 0.743. The van der Waals surface area contributed by atoms with E-state index in [9.17, 15) is 4.79 Å². The first-order chi connectivity index (χ1) is 7.72. The van der Waals surface area contributed by atoms with Crippen molar-refractivity contribution >= 4 is 11.0 Å². The van der Waals surface area contributed by atoms with Gasteiger partial charge in [0.15, 0.2) is 5.43 Å². The standard InChI is InChI=1S/C14H16O2/c1-3-6-10(2)14-9-12(15)11-7-4-5-8-13(11)16-14/h4-5,7-10H,3,6H2,1-2H3. The summed E-state index contributed by atoms with van der Waals surface area (Å²) in [6, 6.07) is 9.02. The van der Waals surface area contributed by atoms with E-state index in [1.807, 2.05) is 18.2 Å². The van der Waals surface area contributed by atoms with Crippen LogP contribution in [0.25, 0.3) is 11.0 Å². The number of para-hydroxylation sites is 1. The Kier molecular flexibility index (Phi) is 3.09. The first-order valence-electron chi connectivity index (χ1n) is 5.75. The Balaban J connectivity index is 2.54. The SMILES string of the molecule is CCCC(C)c1cc(=O)c2ccccc2o1. The lowest BCUT2D eigenvalue weighted by atomic mass is 10.0. The molecule has 0 aliphatic rings. The smallest absolute Gasteiger partial charge is 0.192 e. The maximum atomic E-state index is 11.8. The van der Waals surface area contributed by atoms with Gasteiger partial charge in [0.2, 0.25) is 0 Å². The van der Waals surface area contributed by atoms with Crippen molar-refractivity contribution in [1.29, 1.82) is 0 Å². The third kappa shape index (κ3) is 2.01. The van der Waals surface area contributed by atoms with E-state index in [0.717, 1.165) is 18.6 Å². The Morgan fingerprint density at radius 2 is 2.06 bits per heavy atom. The van der Waals surface area contributed by atoms with E-state index in [4.69, 9.17) is 4.42 Å². The van der Waals surface area contributed by atoms with Crippen LogP contribution in [0, 0.1) is 0 Å². The van der Waals surface area contributed by atoms with Crippen molar-refractivity contribution in [3.8, 4) is 0 Å². The largest absolute Gasteiger partial charge is 0.461 e. The molecule has 1 aromatic heterocycles. The average Bonchev–Trinajstić information content (AvgIpc) is 2.29. The lowest BCUT2D eigenvalue weighted by Gasteiger charge is -2.09. The Morgan fingerprint density at radius 1 is 1.31 bits per heavy atom. The third-order valence-corrected chi connectivity index (χ3v) is 2.86. The molecule has 0 spiro atoms. The summed E-state index contributed by atoms with van der Waals surface area (Å²) >= 11 is 0. The topological polar surface area (TPSA) is 30.2 Å². The summed E-state index contributed by atoms with van der Waals surface area (Å²) in [7, 11) is 0. The lowest BCUT2D eigenvalue weighted by molar-refractivity contribution is 0.476. The first-order valence-corrected chi connectivity index (χ1v) is 5.75. The molecule has 0 amide bonds. The van der Waals surface area contributed by atoms with Crippen molar-refractivity contribution in [3.63, 3.8) is 0 Å². The predicted octanol–water partition coefficient (Wildman–Crippen LogP) is 3.70. The maximum Gasteiger partial charge on any atom is 0.192 e. The molecule has 16 heavy (non-hydrogen) atoms. The van der Waals surface area contributed by atoms with Crippen LogP contribution in [0.2, 0.25) is 0 Å². The molecule has 2 aromatic rings. The minimum Gasteiger partial charge on any atom is -0.461 e. The molecule has 0 saturated carbocycles. The van der Waals surface area contributed by atoms with Crippen LogP contribution in [-0.4, -0.2) is 0 Å². The molecule has 2 nitrogen and oxygen atoms in total. The molecule has 0 aliphatic carbocycles. The molecule has 2 rings (SSSR count). The number of hydrogen-bond donors (Lipinski definition) is 0. The zero-order valence-corrected chi connectivity index (χ0v) is 9.69. The van der Waals surface area contributed by atoms with Gasteiger partial charge in [-0.05, 0) is 18.6 Å². The number of fused-ring (bicyclic) bond motifs is 1. The van der Waals surface area contributed by atoms with Crippen molar-refractivity contribution in [2.75, 3.05) is 0 Å². The van der Waals surface area contributed by atoms with Gasteiger partial charge in [-0.2, -0.15) is 0 Å².